The number of anilines is 1. The standard InChI is InChI=1S/C25H23Cl2NO4/c1-16-12-21(23(30-2)14-20(16)27)28-25(29)11-7-17-6-10-22(24(13-17)31-3)32-15-18-4-8-19(26)9-5-18/h4-14H,15H2,1-3H3,(H,28,29). The third-order valence-corrected chi connectivity index (χ3v) is 5.32. The van der Waals surface area contributed by atoms with Crippen LogP contribution in [-0.4, -0.2) is 20.1 Å². The Kier molecular flexibility index (Phi) is 8.03. The van der Waals surface area contributed by atoms with Gasteiger partial charge in [0.25, 0.3) is 0 Å². The molecule has 3 aromatic carbocycles. The van der Waals surface area contributed by atoms with Crippen molar-refractivity contribution in [1.29, 1.82) is 0 Å². The number of halogens is 2. The lowest BCUT2D eigenvalue weighted by atomic mass is 10.1. The Morgan fingerprint density at radius 3 is 2.34 bits per heavy atom. The molecule has 3 aromatic rings. The van der Waals surface area contributed by atoms with Crippen LogP contribution in [0.4, 0.5) is 5.69 Å². The summed E-state index contributed by atoms with van der Waals surface area (Å²) < 4.78 is 16.6. The summed E-state index contributed by atoms with van der Waals surface area (Å²) in [5.74, 6) is 1.36. The Balaban J connectivity index is 1.67. The highest BCUT2D eigenvalue weighted by atomic mass is 35.5. The molecule has 1 amide bonds. The Labute approximate surface area is 197 Å². The summed E-state index contributed by atoms with van der Waals surface area (Å²) in [4.78, 5) is 12.4. The number of carbonyl (C=O) groups excluding carboxylic acids is 1. The van der Waals surface area contributed by atoms with Crippen molar-refractivity contribution in [2.24, 2.45) is 0 Å². The second kappa shape index (κ2) is 10.9. The summed E-state index contributed by atoms with van der Waals surface area (Å²) in [7, 11) is 3.09. The lowest BCUT2D eigenvalue weighted by Crippen LogP contribution is -2.09. The van der Waals surface area contributed by atoms with Crippen molar-refractivity contribution in [2.45, 2.75) is 13.5 Å². The quantitative estimate of drug-likeness (QED) is 0.378. The SMILES string of the molecule is COc1cc(Cl)c(C)cc1NC(=O)C=Cc1ccc(OCc2ccc(Cl)cc2)c(OC)c1. The largest absolute Gasteiger partial charge is 0.495 e. The Hall–Kier alpha value is -3.15. The van der Waals surface area contributed by atoms with Crippen molar-refractivity contribution in [2.75, 3.05) is 19.5 Å². The molecule has 7 heteroatoms. The second-order valence-electron chi connectivity index (χ2n) is 6.95. The predicted octanol–water partition coefficient (Wildman–Crippen LogP) is 6.55. The first-order chi connectivity index (χ1) is 15.4. The van der Waals surface area contributed by atoms with Gasteiger partial charge >= 0.3 is 0 Å². The minimum Gasteiger partial charge on any atom is -0.495 e. The summed E-state index contributed by atoms with van der Waals surface area (Å²) in [5.41, 5.74) is 3.17. The lowest BCUT2D eigenvalue weighted by Gasteiger charge is -2.12. The normalized spacial score (nSPS) is 10.8. The second-order valence-corrected chi connectivity index (χ2v) is 7.79. The number of carbonyl (C=O) groups is 1. The van der Waals surface area contributed by atoms with E-state index in [1.165, 1.54) is 13.2 Å². The fourth-order valence-corrected chi connectivity index (χ4v) is 3.20. The zero-order valence-electron chi connectivity index (χ0n) is 17.9. The smallest absolute Gasteiger partial charge is 0.248 e. The van der Waals surface area contributed by atoms with Gasteiger partial charge in [0.05, 0.1) is 19.9 Å². The van der Waals surface area contributed by atoms with Crippen LogP contribution in [0.1, 0.15) is 16.7 Å². The molecule has 0 aliphatic carbocycles. The van der Waals surface area contributed by atoms with E-state index in [1.807, 2.05) is 37.3 Å². The molecule has 0 heterocycles. The molecule has 3 rings (SSSR count). The molecule has 0 saturated carbocycles. The van der Waals surface area contributed by atoms with E-state index < -0.39 is 0 Å². The van der Waals surface area contributed by atoms with Crippen LogP contribution < -0.4 is 19.5 Å². The van der Waals surface area contributed by atoms with E-state index in [4.69, 9.17) is 37.4 Å². The maximum atomic E-state index is 12.4. The summed E-state index contributed by atoms with van der Waals surface area (Å²) in [6.45, 7) is 2.24. The number of aryl methyl sites for hydroxylation is 1. The van der Waals surface area contributed by atoms with Crippen LogP contribution in [0.2, 0.25) is 10.0 Å². The van der Waals surface area contributed by atoms with E-state index >= 15 is 0 Å². The minimum atomic E-state index is -0.299. The number of amides is 1. The molecule has 0 aliphatic rings. The number of rotatable bonds is 8. The zero-order valence-corrected chi connectivity index (χ0v) is 19.5. The van der Waals surface area contributed by atoms with Gasteiger partial charge in [0, 0.05) is 22.2 Å². The van der Waals surface area contributed by atoms with Gasteiger partial charge in [-0.25, -0.2) is 0 Å². The maximum absolute atomic E-state index is 12.4. The monoisotopic (exact) mass is 471 g/mol. The molecular weight excluding hydrogens is 449 g/mol. The van der Waals surface area contributed by atoms with Crippen LogP contribution in [0.5, 0.6) is 17.2 Å². The van der Waals surface area contributed by atoms with Crippen LogP contribution >= 0.6 is 23.2 Å². The van der Waals surface area contributed by atoms with E-state index in [1.54, 1.807) is 37.5 Å². The van der Waals surface area contributed by atoms with Crippen LogP contribution in [0.25, 0.3) is 6.08 Å². The molecular formula is C25H23Cl2NO4. The number of methoxy groups -OCH3 is 2. The fourth-order valence-electron chi connectivity index (χ4n) is 2.92. The average Bonchev–Trinajstić information content (AvgIpc) is 2.79. The first-order valence-corrected chi connectivity index (χ1v) is 10.5. The zero-order chi connectivity index (χ0) is 23.1. The summed E-state index contributed by atoms with van der Waals surface area (Å²) in [6, 6.07) is 16.3. The average molecular weight is 472 g/mol. The van der Waals surface area contributed by atoms with E-state index in [9.17, 15) is 4.79 Å². The van der Waals surface area contributed by atoms with Gasteiger partial charge in [-0.3, -0.25) is 4.79 Å². The molecule has 0 saturated heterocycles. The van der Waals surface area contributed by atoms with E-state index in [-0.39, 0.29) is 5.91 Å². The van der Waals surface area contributed by atoms with Crippen molar-refractivity contribution in [3.8, 4) is 17.2 Å². The van der Waals surface area contributed by atoms with Gasteiger partial charge in [0.15, 0.2) is 11.5 Å². The highest BCUT2D eigenvalue weighted by Crippen LogP contribution is 2.31. The third-order valence-electron chi connectivity index (χ3n) is 4.66. The molecule has 0 atom stereocenters. The molecule has 0 unspecified atom stereocenters. The van der Waals surface area contributed by atoms with Crippen LogP contribution in [0, 0.1) is 6.92 Å². The van der Waals surface area contributed by atoms with Crippen molar-refractivity contribution in [3.63, 3.8) is 0 Å². The van der Waals surface area contributed by atoms with Gasteiger partial charge in [-0.15, -0.1) is 0 Å². The Morgan fingerprint density at radius 1 is 0.938 bits per heavy atom. The molecule has 0 radical (unpaired) electrons. The maximum Gasteiger partial charge on any atom is 0.248 e. The Bertz CT molecular complexity index is 1130. The number of ether oxygens (including phenoxy) is 3. The molecule has 32 heavy (non-hydrogen) atoms. The number of nitrogens with one attached hydrogen (secondary N) is 1. The first-order valence-electron chi connectivity index (χ1n) is 9.78. The highest BCUT2D eigenvalue weighted by molar-refractivity contribution is 6.31. The molecule has 166 valence electrons. The predicted molar refractivity (Wildman–Crippen MR) is 129 cm³/mol. The first kappa shape index (κ1) is 23.5. The molecule has 0 aromatic heterocycles. The molecule has 0 aliphatic heterocycles. The minimum absolute atomic E-state index is 0.299. The van der Waals surface area contributed by atoms with Crippen LogP contribution in [-0.2, 0) is 11.4 Å². The van der Waals surface area contributed by atoms with Gasteiger partial charge in [-0.05, 0) is 60.0 Å². The van der Waals surface area contributed by atoms with Crippen molar-refractivity contribution < 1.29 is 19.0 Å². The van der Waals surface area contributed by atoms with Gasteiger partial charge in [0.2, 0.25) is 5.91 Å². The van der Waals surface area contributed by atoms with E-state index in [0.717, 1.165) is 16.7 Å². The number of hydrogen-bond donors (Lipinski definition) is 1. The molecule has 0 spiro atoms. The number of hydrogen-bond acceptors (Lipinski definition) is 4. The topological polar surface area (TPSA) is 56.8 Å². The van der Waals surface area contributed by atoms with Gasteiger partial charge in [-0.1, -0.05) is 41.4 Å². The van der Waals surface area contributed by atoms with E-state index in [0.29, 0.717) is 39.6 Å². The van der Waals surface area contributed by atoms with Crippen molar-refractivity contribution in [3.05, 3.63) is 87.4 Å². The Morgan fingerprint density at radius 2 is 1.66 bits per heavy atom. The van der Waals surface area contributed by atoms with Crippen LogP contribution in [0.3, 0.4) is 0 Å². The lowest BCUT2D eigenvalue weighted by molar-refractivity contribution is -0.111. The van der Waals surface area contributed by atoms with Gasteiger partial charge in [-0.2, -0.15) is 0 Å². The van der Waals surface area contributed by atoms with E-state index in [2.05, 4.69) is 5.32 Å². The molecule has 0 bridgehead atoms. The van der Waals surface area contributed by atoms with Crippen LogP contribution in [0.15, 0.2) is 60.7 Å². The van der Waals surface area contributed by atoms with Crippen molar-refractivity contribution >= 4 is 40.9 Å². The molecule has 0 fully saturated rings. The number of benzene rings is 3. The van der Waals surface area contributed by atoms with Gasteiger partial charge in [0.1, 0.15) is 12.4 Å². The highest BCUT2D eigenvalue weighted by Gasteiger charge is 2.10. The van der Waals surface area contributed by atoms with Crippen molar-refractivity contribution in [1.82, 2.24) is 0 Å². The van der Waals surface area contributed by atoms with Gasteiger partial charge < -0.3 is 19.5 Å². The fraction of sp³-hybridized carbons (Fsp3) is 0.160. The summed E-state index contributed by atoms with van der Waals surface area (Å²) >= 11 is 12.0. The molecule has 5 nitrogen and oxygen atoms in total. The molecule has 1 N–H and O–H groups in total. The summed E-state index contributed by atoms with van der Waals surface area (Å²) in [6.07, 6.45) is 3.13. The summed E-state index contributed by atoms with van der Waals surface area (Å²) in [5, 5.41) is 4.05. The third kappa shape index (κ3) is 6.19.